The van der Waals surface area contributed by atoms with Gasteiger partial charge in [0.1, 0.15) is 5.75 Å². The van der Waals surface area contributed by atoms with E-state index in [0.29, 0.717) is 22.9 Å². The molecule has 126 valence electrons. The summed E-state index contributed by atoms with van der Waals surface area (Å²) in [6, 6.07) is 8.65. The molecule has 0 bridgehead atoms. The second-order valence-corrected chi connectivity index (χ2v) is 4.99. The summed E-state index contributed by atoms with van der Waals surface area (Å²) in [5.41, 5.74) is 2.03. The molecule has 7 heteroatoms. The van der Waals surface area contributed by atoms with E-state index in [2.05, 4.69) is 15.6 Å². The van der Waals surface area contributed by atoms with Crippen LogP contribution in [-0.2, 0) is 16.1 Å². The van der Waals surface area contributed by atoms with Gasteiger partial charge < -0.3 is 20.1 Å². The molecule has 0 aliphatic heterocycles. The van der Waals surface area contributed by atoms with E-state index >= 15 is 0 Å². The molecular formula is C17H19N3O4. The lowest BCUT2D eigenvalue weighted by Gasteiger charge is -2.11. The maximum atomic E-state index is 12.0. The second-order valence-electron chi connectivity index (χ2n) is 4.99. The number of ether oxygens (including phenoxy) is 2. The Morgan fingerprint density at radius 1 is 1.12 bits per heavy atom. The quantitative estimate of drug-likeness (QED) is 0.814. The standard InChI is InChI=1S/C17H19N3O4/c1-11-9-13(23-2)6-7-14(11)20-16(22)15(21)19-10-12-5-4-8-18-17(12)24-3/h4-9H,10H2,1-3H3,(H,19,21)(H,20,22). The van der Waals surface area contributed by atoms with Gasteiger partial charge in [-0.1, -0.05) is 6.07 Å². The van der Waals surface area contributed by atoms with Crippen LogP contribution in [0.25, 0.3) is 0 Å². The van der Waals surface area contributed by atoms with Gasteiger partial charge in [0.2, 0.25) is 5.88 Å². The molecule has 1 aromatic carbocycles. The fraction of sp³-hybridized carbons (Fsp3) is 0.235. The SMILES string of the molecule is COc1ccc(NC(=O)C(=O)NCc2cccnc2OC)c(C)c1. The van der Waals surface area contributed by atoms with Crippen molar-refractivity contribution in [1.82, 2.24) is 10.3 Å². The molecule has 24 heavy (non-hydrogen) atoms. The molecular weight excluding hydrogens is 310 g/mol. The fourth-order valence-electron chi connectivity index (χ4n) is 2.08. The van der Waals surface area contributed by atoms with E-state index in [1.54, 1.807) is 43.6 Å². The van der Waals surface area contributed by atoms with Crippen LogP contribution in [-0.4, -0.2) is 31.0 Å². The minimum Gasteiger partial charge on any atom is -0.497 e. The van der Waals surface area contributed by atoms with Crippen molar-refractivity contribution in [2.45, 2.75) is 13.5 Å². The van der Waals surface area contributed by atoms with Crippen molar-refractivity contribution < 1.29 is 19.1 Å². The van der Waals surface area contributed by atoms with Crippen LogP contribution >= 0.6 is 0 Å². The molecule has 0 fully saturated rings. The minimum absolute atomic E-state index is 0.144. The predicted octanol–water partition coefficient (Wildman–Crippen LogP) is 1.66. The van der Waals surface area contributed by atoms with Crippen LogP contribution in [0.3, 0.4) is 0 Å². The first-order valence-corrected chi connectivity index (χ1v) is 7.27. The van der Waals surface area contributed by atoms with Gasteiger partial charge in [0, 0.05) is 24.0 Å². The van der Waals surface area contributed by atoms with Gasteiger partial charge in [-0.2, -0.15) is 0 Å². The molecule has 7 nitrogen and oxygen atoms in total. The zero-order valence-corrected chi connectivity index (χ0v) is 13.8. The summed E-state index contributed by atoms with van der Waals surface area (Å²) in [7, 11) is 3.06. The molecule has 2 aromatic rings. The van der Waals surface area contributed by atoms with Crippen molar-refractivity contribution in [3.8, 4) is 11.6 Å². The lowest BCUT2D eigenvalue weighted by atomic mass is 10.2. The number of aryl methyl sites for hydroxylation is 1. The highest BCUT2D eigenvalue weighted by Crippen LogP contribution is 2.21. The number of carbonyl (C=O) groups is 2. The van der Waals surface area contributed by atoms with Gasteiger partial charge in [0.25, 0.3) is 0 Å². The normalized spacial score (nSPS) is 9.96. The third-order valence-electron chi connectivity index (χ3n) is 3.37. The van der Waals surface area contributed by atoms with Gasteiger partial charge in [-0.25, -0.2) is 4.98 Å². The summed E-state index contributed by atoms with van der Waals surface area (Å²) in [6.45, 7) is 1.96. The molecule has 1 aromatic heterocycles. The molecule has 2 N–H and O–H groups in total. The number of aromatic nitrogens is 1. The van der Waals surface area contributed by atoms with E-state index in [1.807, 2.05) is 6.92 Å². The fourth-order valence-corrected chi connectivity index (χ4v) is 2.08. The summed E-state index contributed by atoms with van der Waals surface area (Å²) in [5, 5.41) is 5.11. The minimum atomic E-state index is -0.744. The Morgan fingerprint density at radius 2 is 1.92 bits per heavy atom. The van der Waals surface area contributed by atoms with Crippen molar-refractivity contribution in [3.63, 3.8) is 0 Å². The number of hydrogen-bond donors (Lipinski definition) is 2. The number of nitrogens with one attached hydrogen (secondary N) is 2. The number of rotatable bonds is 5. The van der Waals surface area contributed by atoms with Gasteiger partial charge in [0.15, 0.2) is 0 Å². The Labute approximate surface area is 140 Å². The number of benzene rings is 1. The van der Waals surface area contributed by atoms with Gasteiger partial charge >= 0.3 is 11.8 Å². The number of anilines is 1. The number of amides is 2. The molecule has 0 radical (unpaired) electrons. The highest BCUT2D eigenvalue weighted by molar-refractivity contribution is 6.39. The Balaban J connectivity index is 1.96. The average molecular weight is 329 g/mol. The van der Waals surface area contributed by atoms with Crippen LogP contribution in [0.4, 0.5) is 5.69 Å². The van der Waals surface area contributed by atoms with Crippen LogP contribution in [0.1, 0.15) is 11.1 Å². The Morgan fingerprint density at radius 3 is 2.58 bits per heavy atom. The summed E-state index contributed by atoms with van der Waals surface area (Å²) in [5.74, 6) is -0.398. The average Bonchev–Trinajstić information content (AvgIpc) is 2.61. The van der Waals surface area contributed by atoms with Crippen molar-refractivity contribution in [2.75, 3.05) is 19.5 Å². The number of pyridine rings is 1. The molecule has 2 amide bonds. The zero-order valence-electron chi connectivity index (χ0n) is 13.8. The van der Waals surface area contributed by atoms with Crippen molar-refractivity contribution in [3.05, 3.63) is 47.7 Å². The van der Waals surface area contributed by atoms with E-state index in [1.165, 1.54) is 7.11 Å². The topological polar surface area (TPSA) is 89.5 Å². The molecule has 0 aliphatic carbocycles. The highest BCUT2D eigenvalue weighted by Gasteiger charge is 2.15. The van der Waals surface area contributed by atoms with E-state index in [-0.39, 0.29) is 6.54 Å². The summed E-state index contributed by atoms with van der Waals surface area (Å²) < 4.78 is 10.2. The van der Waals surface area contributed by atoms with Crippen molar-refractivity contribution in [1.29, 1.82) is 0 Å². The van der Waals surface area contributed by atoms with Gasteiger partial charge in [-0.05, 0) is 36.8 Å². The predicted molar refractivity (Wildman–Crippen MR) is 89.0 cm³/mol. The third-order valence-corrected chi connectivity index (χ3v) is 3.37. The van der Waals surface area contributed by atoms with Crippen LogP contribution in [0, 0.1) is 6.92 Å². The van der Waals surface area contributed by atoms with E-state index < -0.39 is 11.8 Å². The van der Waals surface area contributed by atoms with E-state index in [0.717, 1.165) is 5.56 Å². The molecule has 0 atom stereocenters. The maximum absolute atomic E-state index is 12.0. The number of carbonyl (C=O) groups excluding carboxylic acids is 2. The Hall–Kier alpha value is -3.09. The first kappa shape index (κ1) is 17.3. The van der Waals surface area contributed by atoms with Gasteiger partial charge in [-0.3, -0.25) is 9.59 Å². The van der Waals surface area contributed by atoms with Gasteiger partial charge in [-0.15, -0.1) is 0 Å². The Bertz CT molecular complexity index is 746. The van der Waals surface area contributed by atoms with Crippen LogP contribution < -0.4 is 20.1 Å². The largest absolute Gasteiger partial charge is 0.497 e. The highest BCUT2D eigenvalue weighted by atomic mass is 16.5. The number of nitrogens with zero attached hydrogens (tertiary/aromatic N) is 1. The van der Waals surface area contributed by atoms with Crippen LogP contribution in [0.15, 0.2) is 36.5 Å². The molecule has 0 saturated carbocycles. The van der Waals surface area contributed by atoms with Gasteiger partial charge in [0.05, 0.1) is 14.2 Å². The van der Waals surface area contributed by atoms with Crippen LogP contribution in [0.5, 0.6) is 11.6 Å². The molecule has 0 aliphatic rings. The third kappa shape index (κ3) is 4.22. The molecule has 0 unspecified atom stereocenters. The first-order chi connectivity index (χ1) is 11.5. The summed E-state index contributed by atoms with van der Waals surface area (Å²) >= 11 is 0. The first-order valence-electron chi connectivity index (χ1n) is 7.27. The van der Waals surface area contributed by atoms with Crippen molar-refractivity contribution >= 4 is 17.5 Å². The summed E-state index contributed by atoms with van der Waals surface area (Å²) in [6.07, 6.45) is 1.59. The van der Waals surface area contributed by atoms with Crippen molar-refractivity contribution in [2.24, 2.45) is 0 Å². The lowest BCUT2D eigenvalue weighted by Crippen LogP contribution is -2.35. The molecule has 1 heterocycles. The monoisotopic (exact) mass is 329 g/mol. The van der Waals surface area contributed by atoms with E-state index in [4.69, 9.17) is 9.47 Å². The molecule has 0 spiro atoms. The summed E-state index contributed by atoms with van der Waals surface area (Å²) in [4.78, 5) is 28.0. The number of hydrogen-bond acceptors (Lipinski definition) is 5. The second kappa shape index (κ2) is 7.96. The maximum Gasteiger partial charge on any atom is 0.313 e. The number of methoxy groups -OCH3 is 2. The molecule has 2 rings (SSSR count). The smallest absolute Gasteiger partial charge is 0.313 e. The zero-order chi connectivity index (χ0) is 17.5. The molecule has 0 saturated heterocycles. The van der Waals surface area contributed by atoms with Crippen LogP contribution in [0.2, 0.25) is 0 Å². The van der Waals surface area contributed by atoms with E-state index in [9.17, 15) is 9.59 Å². The Kier molecular flexibility index (Phi) is 5.73. The lowest BCUT2D eigenvalue weighted by molar-refractivity contribution is -0.136.